The molecule has 0 aliphatic carbocycles. The summed E-state index contributed by atoms with van der Waals surface area (Å²) in [5, 5.41) is 3.18. The molecule has 192 valence electrons. The third-order valence-corrected chi connectivity index (χ3v) is 7.36. The predicted molar refractivity (Wildman–Crippen MR) is 139 cm³/mol. The standard InChI is InChI=1S/C24H24Cl2N2O7S/c1-32-20-9-6-16(12-18(20)26)27-24(29)14-28(19-11-15(25)5-8-21(19)33-2)36(30,31)17-7-10-22(34-3)23(13-17)35-4/h5-13H,14H2,1-4H3,(H,27,29). The molecule has 0 atom stereocenters. The lowest BCUT2D eigenvalue weighted by atomic mass is 10.2. The third-order valence-electron chi connectivity index (χ3n) is 5.08. The van der Waals surface area contributed by atoms with Crippen LogP contribution in [0.3, 0.4) is 0 Å². The first-order valence-electron chi connectivity index (χ1n) is 10.4. The molecule has 0 aromatic heterocycles. The van der Waals surface area contributed by atoms with Crippen molar-refractivity contribution >= 4 is 50.5 Å². The summed E-state index contributed by atoms with van der Waals surface area (Å²) < 4.78 is 49.5. The van der Waals surface area contributed by atoms with E-state index in [0.717, 1.165) is 4.31 Å². The lowest BCUT2D eigenvalue weighted by molar-refractivity contribution is -0.114. The molecular weight excluding hydrogens is 531 g/mol. The molecule has 1 N–H and O–H groups in total. The Morgan fingerprint density at radius 1 is 0.806 bits per heavy atom. The molecule has 0 fully saturated rings. The summed E-state index contributed by atoms with van der Waals surface area (Å²) in [6.45, 7) is -0.600. The number of methoxy groups -OCH3 is 4. The van der Waals surface area contributed by atoms with Crippen molar-refractivity contribution in [2.75, 3.05) is 44.6 Å². The highest BCUT2D eigenvalue weighted by atomic mass is 35.5. The van der Waals surface area contributed by atoms with E-state index in [1.54, 1.807) is 18.2 Å². The van der Waals surface area contributed by atoms with Crippen LogP contribution in [-0.2, 0) is 14.8 Å². The molecule has 12 heteroatoms. The Labute approximate surface area is 219 Å². The van der Waals surface area contributed by atoms with Crippen LogP contribution >= 0.6 is 23.2 Å². The molecule has 9 nitrogen and oxygen atoms in total. The minimum atomic E-state index is -4.31. The van der Waals surface area contributed by atoms with Crippen LogP contribution in [-0.4, -0.2) is 49.3 Å². The number of hydrogen-bond donors (Lipinski definition) is 1. The number of anilines is 2. The summed E-state index contributed by atoms with van der Waals surface area (Å²) in [5.41, 5.74) is 0.426. The van der Waals surface area contributed by atoms with Gasteiger partial charge in [-0.2, -0.15) is 0 Å². The van der Waals surface area contributed by atoms with E-state index >= 15 is 0 Å². The van der Waals surface area contributed by atoms with Gasteiger partial charge in [0.25, 0.3) is 10.0 Å². The lowest BCUT2D eigenvalue weighted by Crippen LogP contribution is -2.38. The van der Waals surface area contributed by atoms with Crippen molar-refractivity contribution in [3.63, 3.8) is 0 Å². The van der Waals surface area contributed by atoms with Crippen LogP contribution in [0.1, 0.15) is 0 Å². The predicted octanol–water partition coefficient (Wildman–Crippen LogP) is 4.86. The molecule has 36 heavy (non-hydrogen) atoms. The van der Waals surface area contributed by atoms with Crippen LogP contribution in [0.25, 0.3) is 0 Å². The maximum atomic E-state index is 13.8. The van der Waals surface area contributed by atoms with Crippen molar-refractivity contribution in [1.82, 2.24) is 0 Å². The Bertz CT molecular complexity index is 1370. The minimum absolute atomic E-state index is 0.0719. The Kier molecular flexibility index (Phi) is 8.78. The average Bonchev–Trinajstić information content (AvgIpc) is 2.86. The molecule has 1 amide bonds. The molecule has 0 bridgehead atoms. The number of carbonyl (C=O) groups is 1. The molecule has 0 unspecified atom stereocenters. The second-order valence-corrected chi connectivity index (χ2v) is 9.95. The first-order valence-corrected chi connectivity index (χ1v) is 12.6. The van der Waals surface area contributed by atoms with Gasteiger partial charge in [0.2, 0.25) is 5.91 Å². The van der Waals surface area contributed by atoms with Crippen LogP contribution in [0.4, 0.5) is 11.4 Å². The van der Waals surface area contributed by atoms with Crippen LogP contribution in [0.2, 0.25) is 10.0 Å². The van der Waals surface area contributed by atoms with Crippen LogP contribution in [0.5, 0.6) is 23.0 Å². The first-order chi connectivity index (χ1) is 17.1. The number of nitrogens with one attached hydrogen (secondary N) is 1. The number of benzene rings is 3. The number of ether oxygens (including phenoxy) is 4. The van der Waals surface area contributed by atoms with E-state index in [4.69, 9.17) is 42.1 Å². The number of hydrogen-bond acceptors (Lipinski definition) is 7. The molecule has 0 aliphatic heterocycles. The second kappa shape index (κ2) is 11.6. The average molecular weight is 555 g/mol. The van der Waals surface area contributed by atoms with Crippen molar-refractivity contribution < 1.29 is 32.2 Å². The maximum Gasteiger partial charge on any atom is 0.265 e. The van der Waals surface area contributed by atoms with E-state index in [1.165, 1.54) is 64.8 Å². The lowest BCUT2D eigenvalue weighted by Gasteiger charge is -2.26. The van der Waals surface area contributed by atoms with Gasteiger partial charge in [-0.05, 0) is 48.5 Å². The number of rotatable bonds is 10. The Hall–Kier alpha value is -3.34. The fourth-order valence-corrected chi connectivity index (χ4v) is 5.20. The van der Waals surface area contributed by atoms with E-state index < -0.39 is 22.5 Å². The van der Waals surface area contributed by atoms with Crippen LogP contribution < -0.4 is 28.6 Å². The van der Waals surface area contributed by atoms with Crippen LogP contribution in [0.15, 0.2) is 59.5 Å². The monoisotopic (exact) mass is 554 g/mol. The van der Waals surface area contributed by atoms with Gasteiger partial charge in [-0.3, -0.25) is 9.10 Å². The third kappa shape index (κ3) is 5.89. The Balaban J connectivity index is 2.05. The summed E-state index contributed by atoms with van der Waals surface area (Å²) >= 11 is 12.3. The number of halogens is 2. The minimum Gasteiger partial charge on any atom is -0.495 e. The molecule has 0 spiro atoms. The molecule has 0 heterocycles. The molecular formula is C24H24Cl2N2O7S. The van der Waals surface area contributed by atoms with Crippen molar-refractivity contribution in [2.45, 2.75) is 4.90 Å². The van der Waals surface area contributed by atoms with Crippen molar-refractivity contribution in [2.24, 2.45) is 0 Å². The van der Waals surface area contributed by atoms with E-state index in [2.05, 4.69) is 5.32 Å². The van der Waals surface area contributed by atoms with Gasteiger partial charge in [-0.15, -0.1) is 0 Å². The van der Waals surface area contributed by atoms with E-state index in [1.807, 2.05) is 0 Å². The second-order valence-electron chi connectivity index (χ2n) is 7.24. The van der Waals surface area contributed by atoms with E-state index in [0.29, 0.717) is 17.2 Å². The van der Waals surface area contributed by atoms with E-state index in [-0.39, 0.29) is 32.1 Å². The zero-order valence-corrected chi connectivity index (χ0v) is 22.2. The summed E-state index contributed by atoms with van der Waals surface area (Å²) in [6, 6.07) is 13.2. The van der Waals surface area contributed by atoms with Gasteiger partial charge < -0.3 is 24.3 Å². The quantitative estimate of drug-likeness (QED) is 0.381. The first kappa shape index (κ1) is 27.3. The highest BCUT2D eigenvalue weighted by Gasteiger charge is 2.31. The van der Waals surface area contributed by atoms with Gasteiger partial charge in [0.15, 0.2) is 11.5 Å². The molecule has 3 aromatic rings. The number of sulfonamides is 1. The molecule has 3 rings (SSSR count). The number of nitrogens with zero attached hydrogens (tertiary/aromatic N) is 1. The summed E-state index contributed by atoms with van der Waals surface area (Å²) in [5.74, 6) is 0.536. The Morgan fingerprint density at radius 3 is 2.03 bits per heavy atom. The molecule has 0 radical (unpaired) electrons. The molecule has 0 saturated heterocycles. The fraction of sp³-hybridized carbons (Fsp3) is 0.208. The summed E-state index contributed by atoms with van der Waals surface area (Å²) in [4.78, 5) is 12.9. The zero-order chi connectivity index (χ0) is 26.5. The van der Waals surface area contributed by atoms with Crippen molar-refractivity contribution in [3.8, 4) is 23.0 Å². The van der Waals surface area contributed by atoms with Gasteiger partial charge in [-0.1, -0.05) is 23.2 Å². The van der Waals surface area contributed by atoms with E-state index in [9.17, 15) is 13.2 Å². The van der Waals surface area contributed by atoms with Crippen molar-refractivity contribution in [3.05, 3.63) is 64.6 Å². The molecule has 0 aliphatic rings. The summed E-state index contributed by atoms with van der Waals surface area (Å²) in [6.07, 6.45) is 0. The SMILES string of the molecule is COc1ccc(NC(=O)CN(c2cc(Cl)ccc2OC)S(=O)(=O)c2ccc(OC)c(OC)c2)cc1Cl. The maximum absolute atomic E-state index is 13.8. The van der Waals surface area contributed by atoms with Gasteiger partial charge >= 0.3 is 0 Å². The topological polar surface area (TPSA) is 103 Å². The van der Waals surface area contributed by atoms with Gasteiger partial charge in [0.05, 0.1) is 44.0 Å². The molecule has 0 saturated carbocycles. The fourth-order valence-electron chi connectivity index (χ4n) is 3.34. The highest BCUT2D eigenvalue weighted by molar-refractivity contribution is 7.92. The zero-order valence-electron chi connectivity index (χ0n) is 19.9. The van der Waals surface area contributed by atoms with Gasteiger partial charge in [0, 0.05) is 16.8 Å². The Morgan fingerprint density at radius 2 is 1.42 bits per heavy atom. The molecule has 3 aromatic carbocycles. The summed E-state index contributed by atoms with van der Waals surface area (Å²) in [7, 11) is 1.36. The largest absolute Gasteiger partial charge is 0.495 e. The number of amides is 1. The normalized spacial score (nSPS) is 10.9. The van der Waals surface area contributed by atoms with Crippen LogP contribution in [0, 0.1) is 0 Å². The van der Waals surface area contributed by atoms with Gasteiger partial charge in [-0.25, -0.2) is 8.42 Å². The van der Waals surface area contributed by atoms with Crippen molar-refractivity contribution in [1.29, 1.82) is 0 Å². The smallest absolute Gasteiger partial charge is 0.265 e. The highest BCUT2D eigenvalue weighted by Crippen LogP contribution is 2.37. The van der Waals surface area contributed by atoms with Gasteiger partial charge in [0.1, 0.15) is 18.0 Å². The number of carbonyl (C=O) groups excluding carboxylic acids is 1.